The minimum atomic E-state index is -2.80. The van der Waals surface area contributed by atoms with Crippen LogP contribution in [0.1, 0.15) is 23.4 Å². The van der Waals surface area contributed by atoms with Crippen molar-refractivity contribution in [3.05, 3.63) is 39.6 Å². The van der Waals surface area contributed by atoms with Crippen LogP contribution in [0.4, 0.5) is 28.8 Å². The second-order valence-electron chi connectivity index (χ2n) is 7.41. The standard InChI is InChI=1S/C18H18ClF3N4O2S/c19-11-5-10(1-2-12(11)20)24-16(27)26-4-3-13-14(6-26)29-15(25-13)23-9-17(28)7-18(21,22)8-17/h1-2,5,28H,3-4,6-9H2,(H,23,25)(H,24,27). The summed E-state index contributed by atoms with van der Waals surface area (Å²) in [7, 11) is 0. The molecular formula is C18H18ClF3N4O2S. The van der Waals surface area contributed by atoms with Crippen molar-refractivity contribution in [3.63, 3.8) is 0 Å². The molecule has 1 aromatic carbocycles. The number of thiazole rings is 1. The molecule has 0 spiro atoms. The number of benzene rings is 1. The summed E-state index contributed by atoms with van der Waals surface area (Å²) in [5.41, 5.74) is -0.181. The van der Waals surface area contributed by atoms with Crippen molar-refractivity contribution >= 4 is 39.8 Å². The van der Waals surface area contributed by atoms with Gasteiger partial charge in [0.05, 0.1) is 22.9 Å². The van der Waals surface area contributed by atoms with Gasteiger partial charge >= 0.3 is 6.03 Å². The smallest absolute Gasteiger partial charge is 0.322 e. The SMILES string of the molecule is O=C(Nc1ccc(F)c(Cl)c1)N1CCc2nc(NCC3(O)CC(F)(F)C3)sc2C1. The third kappa shape index (κ3) is 4.44. The van der Waals surface area contributed by atoms with E-state index in [4.69, 9.17) is 11.6 Å². The fraction of sp³-hybridized carbons (Fsp3) is 0.444. The Bertz CT molecular complexity index is 947. The topological polar surface area (TPSA) is 77.5 Å². The third-order valence-electron chi connectivity index (χ3n) is 4.93. The van der Waals surface area contributed by atoms with Crippen LogP contribution in [0.5, 0.6) is 0 Å². The Morgan fingerprint density at radius 1 is 1.38 bits per heavy atom. The Morgan fingerprint density at radius 2 is 2.14 bits per heavy atom. The van der Waals surface area contributed by atoms with Crippen LogP contribution in [0, 0.1) is 5.82 Å². The number of rotatable bonds is 4. The van der Waals surface area contributed by atoms with E-state index in [2.05, 4.69) is 15.6 Å². The zero-order valence-electron chi connectivity index (χ0n) is 15.1. The van der Waals surface area contributed by atoms with Crippen LogP contribution >= 0.6 is 22.9 Å². The summed E-state index contributed by atoms with van der Waals surface area (Å²) in [4.78, 5) is 19.4. The zero-order chi connectivity index (χ0) is 20.8. The molecule has 1 fully saturated rings. The Balaban J connectivity index is 1.35. The lowest BCUT2D eigenvalue weighted by molar-refractivity contribution is -0.197. The summed E-state index contributed by atoms with van der Waals surface area (Å²) >= 11 is 7.06. The number of hydrogen-bond donors (Lipinski definition) is 3. The maximum atomic E-state index is 13.2. The van der Waals surface area contributed by atoms with Crippen LogP contribution < -0.4 is 10.6 Å². The van der Waals surface area contributed by atoms with Crippen LogP contribution in [-0.2, 0) is 13.0 Å². The molecule has 2 aromatic rings. The first-order valence-corrected chi connectivity index (χ1v) is 10.2. The van der Waals surface area contributed by atoms with Gasteiger partial charge in [0.25, 0.3) is 5.92 Å². The van der Waals surface area contributed by atoms with Gasteiger partial charge in [-0.25, -0.2) is 22.9 Å². The predicted octanol–water partition coefficient (Wildman–Crippen LogP) is 4.10. The first-order valence-electron chi connectivity index (χ1n) is 8.96. The highest BCUT2D eigenvalue weighted by atomic mass is 35.5. The normalized spacial score (nSPS) is 19.3. The number of hydrogen-bond acceptors (Lipinski definition) is 5. The number of halogens is 4. The molecule has 11 heteroatoms. The lowest BCUT2D eigenvalue weighted by Crippen LogP contribution is -2.55. The van der Waals surface area contributed by atoms with Gasteiger partial charge in [-0.15, -0.1) is 0 Å². The lowest BCUT2D eigenvalue weighted by Gasteiger charge is -2.43. The molecule has 1 aliphatic carbocycles. The second kappa shape index (κ2) is 7.33. The Labute approximate surface area is 173 Å². The van der Waals surface area contributed by atoms with Crippen LogP contribution in [0.15, 0.2) is 18.2 Å². The molecule has 4 rings (SSSR count). The van der Waals surface area contributed by atoms with Gasteiger partial charge in [0.1, 0.15) is 5.82 Å². The van der Waals surface area contributed by atoms with Crippen molar-refractivity contribution in [2.24, 2.45) is 0 Å². The average Bonchev–Trinajstić information content (AvgIpc) is 3.03. The number of anilines is 2. The molecule has 1 saturated carbocycles. The summed E-state index contributed by atoms with van der Waals surface area (Å²) in [6.07, 6.45) is -0.563. The Morgan fingerprint density at radius 3 is 2.83 bits per heavy atom. The highest BCUT2D eigenvalue weighted by molar-refractivity contribution is 7.15. The van der Waals surface area contributed by atoms with Gasteiger partial charge in [0, 0.05) is 42.9 Å². The van der Waals surface area contributed by atoms with Gasteiger partial charge in [-0.3, -0.25) is 0 Å². The van der Waals surface area contributed by atoms with Gasteiger partial charge in [-0.1, -0.05) is 22.9 Å². The highest BCUT2D eigenvalue weighted by Crippen LogP contribution is 2.45. The second-order valence-corrected chi connectivity index (χ2v) is 8.90. The fourth-order valence-corrected chi connectivity index (χ4v) is 4.70. The Kier molecular flexibility index (Phi) is 5.12. The molecule has 3 N–H and O–H groups in total. The molecule has 0 radical (unpaired) electrons. The number of aliphatic hydroxyl groups is 1. The molecule has 1 aromatic heterocycles. The van der Waals surface area contributed by atoms with Gasteiger partial charge < -0.3 is 20.6 Å². The minimum Gasteiger partial charge on any atom is -0.388 e. The number of nitrogens with one attached hydrogen (secondary N) is 2. The van der Waals surface area contributed by atoms with Crippen molar-refractivity contribution in [2.75, 3.05) is 23.7 Å². The van der Waals surface area contributed by atoms with Crippen LogP contribution in [0.2, 0.25) is 5.02 Å². The number of carbonyl (C=O) groups excluding carboxylic acids is 1. The summed E-state index contributed by atoms with van der Waals surface area (Å²) in [6, 6.07) is 3.61. The maximum absolute atomic E-state index is 13.2. The fourth-order valence-electron chi connectivity index (χ4n) is 3.50. The van der Waals surface area contributed by atoms with E-state index in [-0.39, 0.29) is 17.6 Å². The number of nitrogens with zero attached hydrogens (tertiary/aromatic N) is 2. The molecule has 2 amide bonds. The van der Waals surface area contributed by atoms with Gasteiger partial charge in [0.15, 0.2) is 5.13 Å². The van der Waals surface area contributed by atoms with E-state index in [9.17, 15) is 23.1 Å². The highest BCUT2D eigenvalue weighted by Gasteiger charge is 2.55. The summed E-state index contributed by atoms with van der Waals surface area (Å²) in [5.74, 6) is -3.37. The number of carbonyl (C=O) groups is 1. The van der Waals surface area contributed by atoms with Crippen LogP contribution in [0.25, 0.3) is 0 Å². The summed E-state index contributed by atoms with van der Waals surface area (Å²) in [5, 5.41) is 16.1. The monoisotopic (exact) mass is 446 g/mol. The van der Waals surface area contributed by atoms with E-state index >= 15 is 0 Å². The van der Waals surface area contributed by atoms with E-state index in [1.165, 1.54) is 29.5 Å². The zero-order valence-corrected chi connectivity index (χ0v) is 16.7. The summed E-state index contributed by atoms with van der Waals surface area (Å²) in [6.45, 7) is 0.801. The van der Waals surface area contributed by atoms with E-state index in [0.717, 1.165) is 10.6 Å². The lowest BCUT2D eigenvalue weighted by atomic mass is 9.76. The molecule has 0 unspecified atom stereocenters. The quantitative estimate of drug-likeness (QED) is 0.661. The van der Waals surface area contributed by atoms with E-state index in [1.54, 1.807) is 4.90 Å². The molecule has 2 heterocycles. The van der Waals surface area contributed by atoms with Gasteiger partial charge in [-0.2, -0.15) is 0 Å². The average molecular weight is 447 g/mol. The van der Waals surface area contributed by atoms with Crippen LogP contribution in [0.3, 0.4) is 0 Å². The van der Waals surface area contributed by atoms with Crippen molar-refractivity contribution in [1.29, 1.82) is 0 Å². The molecule has 0 bridgehead atoms. The molecule has 2 aliphatic rings. The number of amides is 2. The van der Waals surface area contributed by atoms with Crippen molar-refractivity contribution in [1.82, 2.24) is 9.88 Å². The number of fused-ring (bicyclic) bond motifs is 1. The third-order valence-corrected chi connectivity index (χ3v) is 6.26. The first kappa shape index (κ1) is 20.2. The maximum Gasteiger partial charge on any atom is 0.322 e. The molecule has 0 atom stereocenters. The van der Waals surface area contributed by atoms with Gasteiger partial charge in [-0.05, 0) is 18.2 Å². The minimum absolute atomic E-state index is 0.00447. The van der Waals surface area contributed by atoms with E-state index in [1.807, 2.05) is 0 Å². The molecule has 156 valence electrons. The van der Waals surface area contributed by atoms with Crippen molar-refractivity contribution in [2.45, 2.75) is 37.3 Å². The molecule has 29 heavy (non-hydrogen) atoms. The number of alkyl halides is 2. The van der Waals surface area contributed by atoms with Crippen LogP contribution in [-0.4, -0.2) is 45.6 Å². The molecular weight excluding hydrogens is 429 g/mol. The Hall–Kier alpha value is -2.04. The largest absolute Gasteiger partial charge is 0.388 e. The molecule has 6 nitrogen and oxygen atoms in total. The van der Waals surface area contributed by atoms with E-state index in [0.29, 0.717) is 30.3 Å². The number of urea groups is 1. The summed E-state index contributed by atoms with van der Waals surface area (Å²) < 4.78 is 39.2. The van der Waals surface area contributed by atoms with Crippen molar-refractivity contribution in [3.8, 4) is 0 Å². The molecule has 0 saturated heterocycles. The van der Waals surface area contributed by atoms with Crippen molar-refractivity contribution < 1.29 is 23.1 Å². The molecule has 1 aliphatic heterocycles. The predicted molar refractivity (Wildman–Crippen MR) is 104 cm³/mol. The number of aromatic nitrogens is 1. The van der Waals surface area contributed by atoms with Gasteiger partial charge in [0.2, 0.25) is 0 Å². The van der Waals surface area contributed by atoms with E-state index < -0.39 is 30.2 Å². The first-order chi connectivity index (χ1) is 13.6.